The summed E-state index contributed by atoms with van der Waals surface area (Å²) in [5, 5.41) is 7.62. The Morgan fingerprint density at radius 3 is 2.27 bits per heavy atom. The predicted molar refractivity (Wildman–Crippen MR) is 123 cm³/mol. The highest BCUT2D eigenvalue weighted by Crippen LogP contribution is 2.18. The summed E-state index contributed by atoms with van der Waals surface area (Å²) in [6.07, 6.45) is 1.92. The van der Waals surface area contributed by atoms with E-state index in [1.54, 1.807) is 0 Å². The van der Waals surface area contributed by atoms with Crippen LogP contribution in [0.5, 0.6) is 5.75 Å². The fourth-order valence-corrected chi connectivity index (χ4v) is 3.61. The Labute approximate surface area is 183 Å². The predicted octanol–water partition coefficient (Wildman–Crippen LogP) is 5.07. The molecule has 0 saturated carbocycles. The van der Waals surface area contributed by atoms with E-state index in [0.717, 1.165) is 54.6 Å². The molecule has 0 unspecified atom stereocenters. The number of nitrogens with zero attached hydrogens (tertiary/aromatic N) is 3. The van der Waals surface area contributed by atoms with Crippen LogP contribution >= 0.6 is 11.6 Å². The zero-order valence-electron chi connectivity index (χ0n) is 17.0. The van der Waals surface area contributed by atoms with Gasteiger partial charge in [-0.3, -0.25) is 9.91 Å². The van der Waals surface area contributed by atoms with Crippen LogP contribution in [0.15, 0.2) is 84.0 Å². The van der Waals surface area contributed by atoms with E-state index < -0.39 is 0 Å². The van der Waals surface area contributed by atoms with Crippen molar-refractivity contribution in [2.75, 3.05) is 26.2 Å². The Balaban J connectivity index is 1.23. The highest BCUT2D eigenvalue weighted by atomic mass is 35.5. The minimum absolute atomic E-state index is 0.576. The van der Waals surface area contributed by atoms with Crippen LogP contribution in [0.3, 0.4) is 0 Å². The van der Waals surface area contributed by atoms with Gasteiger partial charge in [0, 0.05) is 37.7 Å². The van der Waals surface area contributed by atoms with Crippen molar-refractivity contribution in [1.82, 2.24) is 9.91 Å². The van der Waals surface area contributed by atoms with E-state index >= 15 is 0 Å². The first-order valence-electron chi connectivity index (χ1n) is 10.3. The standard InChI is InChI=1S/C25H26ClN3O/c26-25-9-5-4-8-23(25)19-28-14-16-29(17-15-28)27-18-21-10-12-24(13-11-21)30-20-22-6-2-1-3-7-22/h1-13,18H,14-17,19-20H2/b27-18-. The topological polar surface area (TPSA) is 28.1 Å². The molecule has 4 nitrogen and oxygen atoms in total. The normalized spacial score (nSPS) is 14.9. The van der Waals surface area contributed by atoms with Gasteiger partial charge in [-0.1, -0.05) is 60.1 Å². The van der Waals surface area contributed by atoms with Gasteiger partial charge in [-0.05, 0) is 47.0 Å². The summed E-state index contributed by atoms with van der Waals surface area (Å²) < 4.78 is 5.84. The number of rotatable bonds is 7. The summed E-state index contributed by atoms with van der Waals surface area (Å²) >= 11 is 6.28. The van der Waals surface area contributed by atoms with Crippen LogP contribution in [0.25, 0.3) is 0 Å². The SMILES string of the molecule is Clc1ccccc1CN1CCN(/N=C\c2ccc(OCc3ccccc3)cc2)CC1. The Morgan fingerprint density at radius 1 is 0.833 bits per heavy atom. The van der Waals surface area contributed by atoms with Gasteiger partial charge in [0.05, 0.1) is 6.21 Å². The van der Waals surface area contributed by atoms with Crippen molar-refractivity contribution in [2.24, 2.45) is 5.10 Å². The van der Waals surface area contributed by atoms with Gasteiger partial charge in [0.2, 0.25) is 0 Å². The lowest BCUT2D eigenvalue weighted by molar-refractivity contribution is 0.131. The van der Waals surface area contributed by atoms with Gasteiger partial charge in [-0.2, -0.15) is 5.10 Å². The van der Waals surface area contributed by atoms with Crippen molar-refractivity contribution in [3.63, 3.8) is 0 Å². The molecule has 3 aromatic carbocycles. The quantitative estimate of drug-likeness (QED) is 0.500. The molecule has 0 aromatic heterocycles. The van der Waals surface area contributed by atoms with Crippen molar-refractivity contribution >= 4 is 17.8 Å². The van der Waals surface area contributed by atoms with Gasteiger partial charge >= 0.3 is 0 Å². The maximum absolute atomic E-state index is 6.28. The van der Waals surface area contributed by atoms with E-state index in [-0.39, 0.29) is 0 Å². The van der Waals surface area contributed by atoms with Crippen LogP contribution in [-0.2, 0) is 13.2 Å². The van der Waals surface area contributed by atoms with E-state index in [2.05, 4.69) is 33.2 Å². The molecule has 3 aromatic rings. The van der Waals surface area contributed by atoms with Crippen molar-refractivity contribution in [1.29, 1.82) is 0 Å². The lowest BCUT2D eigenvalue weighted by Crippen LogP contribution is -2.43. The molecule has 0 spiro atoms. The lowest BCUT2D eigenvalue weighted by Gasteiger charge is -2.33. The maximum Gasteiger partial charge on any atom is 0.119 e. The Hall–Kier alpha value is -2.82. The second kappa shape index (κ2) is 10.3. The Bertz CT molecular complexity index is 952. The van der Waals surface area contributed by atoms with E-state index in [9.17, 15) is 0 Å². The zero-order chi connectivity index (χ0) is 20.6. The third-order valence-corrected chi connectivity index (χ3v) is 5.57. The molecule has 0 amide bonds. The average Bonchev–Trinajstić information content (AvgIpc) is 2.80. The molecule has 0 radical (unpaired) electrons. The number of halogens is 1. The van der Waals surface area contributed by atoms with E-state index in [1.165, 1.54) is 5.56 Å². The zero-order valence-corrected chi connectivity index (χ0v) is 17.7. The van der Waals surface area contributed by atoms with E-state index in [4.69, 9.17) is 16.3 Å². The fourth-order valence-electron chi connectivity index (χ4n) is 3.42. The first-order chi connectivity index (χ1) is 14.8. The molecule has 0 N–H and O–H groups in total. The first kappa shape index (κ1) is 20.5. The van der Waals surface area contributed by atoms with Gasteiger partial charge in [-0.15, -0.1) is 0 Å². The van der Waals surface area contributed by atoms with Gasteiger partial charge in [0.15, 0.2) is 0 Å². The van der Waals surface area contributed by atoms with Crippen LogP contribution in [0.2, 0.25) is 5.02 Å². The molecule has 1 aliphatic rings. The minimum atomic E-state index is 0.576. The van der Waals surface area contributed by atoms with Crippen LogP contribution in [0.4, 0.5) is 0 Å². The lowest BCUT2D eigenvalue weighted by atomic mass is 10.2. The second-order valence-electron chi connectivity index (χ2n) is 7.41. The molecular formula is C25H26ClN3O. The Kier molecular flexibility index (Phi) is 7.01. The van der Waals surface area contributed by atoms with E-state index in [0.29, 0.717) is 6.61 Å². The largest absolute Gasteiger partial charge is 0.489 e. The summed E-state index contributed by atoms with van der Waals surface area (Å²) in [4.78, 5) is 2.42. The number of hydrogen-bond donors (Lipinski definition) is 0. The monoisotopic (exact) mass is 419 g/mol. The van der Waals surface area contributed by atoms with Crippen LogP contribution < -0.4 is 4.74 Å². The highest BCUT2D eigenvalue weighted by molar-refractivity contribution is 6.31. The molecular weight excluding hydrogens is 394 g/mol. The Morgan fingerprint density at radius 2 is 1.53 bits per heavy atom. The van der Waals surface area contributed by atoms with Crippen molar-refractivity contribution in [3.8, 4) is 5.75 Å². The third-order valence-electron chi connectivity index (χ3n) is 5.20. The highest BCUT2D eigenvalue weighted by Gasteiger charge is 2.16. The smallest absolute Gasteiger partial charge is 0.119 e. The number of ether oxygens (including phenoxy) is 1. The molecule has 4 rings (SSSR count). The summed E-state index contributed by atoms with van der Waals surface area (Å²) in [7, 11) is 0. The second-order valence-corrected chi connectivity index (χ2v) is 7.82. The summed E-state index contributed by atoms with van der Waals surface area (Å²) in [6, 6.07) is 26.3. The maximum atomic E-state index is 6.28. The first-order valence-corrected chi connectivity index (χ1v) is 10.7. The van der Waals surface area contributed by atoms with Gasteiger partial charge in [-0.25, -0.2) is 0 Å². The van der Waals surface area contributed by atoms with Gasteiger partial charge in [0.25, 0.3) is 0 Å². The minimum Gasteiger partial charge on any atom is -0.489 e. The number of piperazine rings is 1. The summed E-state index contributed by atoms with van der Waals surface area (Å²) in [6.45, 7) is 5.26. The third kappa shape index (κ3) is 5.85. The molecule has 0 bridgehead atoms. The molecule has 1 aliphatic heterocycles. The van der Waals surface area contributed by atoms with Crippen molar-refractivity contribution in [2.45, 2.75) is 13.2 Å². The molecule has 1 heterocycles. The molecule has 0 atom stereocenters. The summed E-state index contributed by atoms with van der Waals surface area (Å²) in [5.41, 5.74) is 3.42. The van der Waals surface area contributed by atoms with Gasteiger partial charge in [0.1, 0.15) is 12.4 Å². The molecule has 1 saturated heterocycles. The number of hydrazone groups is 1. The molecule has 30 heavy (non-hydrogen) atoms. The van der Waals surface area contributed by atoms with E-state index in [1.807, 2.05) is 66.9 Å². The van der Waals surface area contributed by atoms with Crippen LogP contribution in [-0.4, -0.2) is 42.3 Å². The number of benzene rings is 3. The summed E-state index contributed by atoms with van der Waals surface area (Å²) in [5.74, 6) is 0.865. The van der Waals surface area contributed by atoms with Crippen molar-refractivity contribution < 1.29 is 4.74 Å². The average molecular weight is 420 g/mol. The number of hydrogen-bond acceptors (Lipinski definition) is 4. The van der Waals surface area contributed by atoms with Crippen LogP contribution in [0, 0.1) is 0 Å². The molecule has 5 heteroatoms. The van der Waals surface area contributed by atoms with Crippen LogP contribution in [0.1, 0.15) is 16.7 Å². The van der Waals surface area contributed by atoms with Crippen molar-refractivity contribution in [3.05, 3.63) is 101 Å². The molecule has 0 aliphatic carbocycles. The molecule has 154 valence electrons. The fraction of sp³-hybridized carbons (Fsp3) is 0.240. The molecule has 1 fully saturated rings. The van der Waals surface area contributed by atoms with Gasteiger partial charge < -0.3 is 4.74 Å².